The van der Waals surface area contributed by atoms with Crippen LogP contribution in [0, 0.1) is 5.82 Å². The quantitative estimate of drug-likeness (QED) is 0.702. The molecule has 0 saturated carbocycles. The summed E-state index contributed by atoms with van der Waals surface area (Å²) in [5.74, 6) is -0.742. The SMILES string of the molecule is CC(=O)c1csc(NC(=O)Cc2csc(-c3cccc(F)c3)n2)n1. The average molecular weight is 361 g/mol. The van der Waals surface area contributed by atoms with E-state index in [2.05, 4.69) is 15.3 Å². The Morgan fingerprint density at radius 3 is 2.75 bits per heavy atom. The number of amides is 1. The van der Waals surface area contributed by atoms with Crippen molar-refractivity contribution in [2.75, 3.05) is 5.32 Å². The van der Waals surface area contributed by atoms with Gasteiger partial charge in [-0.25, -0.2) is 14.4 Å². The van der Waals surface area contributed by atoms with E-state index in [1.165, 1.54) is 41.7 Å². The van der Waals surface area contributed by atoms with Crippen LogP contribution in [0.1, 0.15) is 23.1 Å². The van der Waals surface area contributed by atoms with Crippen LogP contribution in [0.15, 0.2) is 35.0 Å². The van der Waals surface area contributed by atoms with Crippen molar-refractivity contribution in [3.8, 4) is 10.6 Å². The molecular weight excluding hydrogens is 349 g/mol. The smallest absolute Gasteiger partial charge is 0.232 e. The maximum atomic E-state index is 13.3. The predicted octanol–water partition coefficient (Wildman–Crippen LogP) is 3.79. The first kappa shape index (κ1) is 16.4. The van der Waals surface area contributed by atoms with Gasteiger partial charge in [0.2, 0.25) is 5.91 Å². The van der Waals surface area contributed by atoms with Gasteiger partial charge in [0.05, 0.1) is 12.1 Å². The third-order valence-electron chi connectivity index (χ3n) is 3.08. The average Bonchev–Trinajstić information content (AvgIpc) is 3.17. The van der Waals surface area contributed by atoms with Crippen molar-refractivity contribution in [2.45, 2.75) is 13.3 Å². The standard InChI is InChI=1S/C16H12FN3O2S2/c1-9(21)13-8-24-16(19-13)20-14(22)6-12-7-23-15(18-12)10-3-2-4-11(17)5-10/h2-5,7-8H,6H2,1H3,(H,19,20,22). The summed E-state index contributed by atoms with van der Waals surface area (Å²) < 4.78 is 13.3. The Morgan fingerprint density at radius 1 is 1.21 bits per heavy atom. The van der Waals surface area contributed by atoms with Crippen LogP contribution in [0.5, 0.6) is 0 Å². The Morgan fingerprint density at radius 2 is 2.04 bits per heavy atom. The molecule has 0 aliphatic carbocycles. The molecule has 0 bridgehead atoms. The van der Waals surface area contributed by atoms with E-state index >= 15 is 0 Å². The molecule has 1 N–H and O–H groups in total. The minimum absolute atomic E-state index is 0.0841. The molecule has 122 valence electrons. The van der Waals surface area contributed by atoms with Crippen LogP contribution < -0.4 is 5.32 Å². The van der Waals surface area contributed by atoms with E-state index in [-0.39, 0.29) is 23.9 Å². The lowest BCUT2D eigenvalue weighted by Gasteiger charge is -1.99. The topological polar surface area (TPSA) is 72.0 Å². The maximum Gasteiger partial charge on any atom is 0.232 e. The van der Waals surface area contributed by atoms with Gasteiger partial charge in [-0.2, -0.15) is 0 Å². The summed E-state index contributed by atoms with van der Waals surface area (Å²) in [6.45, 7) is 1.42. The molecule has 0 aliphatic heterocycles. The van der Waals surface area contributed by atoms with Crippen molar-refractivity contribution in [1.29, 1.82) is 0 Å². The zero-order valence-corrected chi connectivity index (χ0v) is 14.2. The van der Waals surface area contributed by atoms with Crippen molar-refractivity contribution < 1.29 is 14.0 Å². The van der Waals surface area contributed by atoms with Gasteiger partial charge in [0, 0.05) is 23.2 Å². The van der Waals surface area contributed by atoms with Crippen LogP contribution in [0.3, 0.4) is 0 Å². The molecule has 24 heavy (non-hydrogen) atoms. The summed E-state index contributed by atoms with van der Waals surface area (Å²) in [5, 5.41) is 7.05. The highest BCUT2D eigenvalue weighted by atomic mass is 32.1. The van der Waals surface area contributed by atoms with Gasteiger partial charge >= 0.3 is 0 Å². The lowest BCUT2D eigenvalue weighted by molar-refractivity contribution is -0.115. The van der Waals surface area contributed by atoms with E-state index in [0.29, 0.717) is 27.1 Å². The number of carbonyl (C=O) groups excluding carboxylic acids is 2. The van der Waals surface area contributed by atoms with E-state index in [9.17, 15) is 14.0 Å². The van der Waals surface area contributed by atoms with Crippen molar-refractivity contribution in [3.63, 3.8) is 0 Å². The molecule has 0 radical (unpaired) electrons. The van der Waals surface area contributed by atoms with Crippen LogP contribution in [0.4, 0.5) is 9.52 Å². The Hall–Kier alpha value is -2.45. The van der Waals surface area contributed by atoms with E-state index in [1.54, 1.807) is 22.9 Å². The summed E-state index contributed by atoms with van der Waals surface area (Å²) in [5.41, 5.74) is 1.61. The van der Waals surface area contributed by atoms with E-state index < -0.39 is 0 Å². The molecule has 1 amide bonds. The molecule has 0 fully saturated rings. The van der Waals surface area contributed by atoms with E-state index in [0.717, 1.165) is 0 Å². The van der Waals surface area contributed by atoms with Gasteiger partial charge in [0.15, 0.2) is 10.9 Å². The summed E-state index contributed by atoms with van der Waals surface area (Å²) >= 11 is 2.55. The van der Waals surface area contributed by atoms with Gasteiger partial charge in [0.1, 0.15) is 16.5 Å². The lowest BCUT2D eigenvalue weighted by atomic mass is 10.2. The normalized spacial score (nSPS) is 10.6. The number of thiazole rings is 2. The van der Waals surface area contributed by atoms with Crippen LogP contribution in [-0.2, 0) is 11.2 Å². The van der Waals surface area contributed by atoms with Gasteiger partial charge in [-0.05, 0) is 12.1 Å². The Kier molecular flexibility index (Phi) is 4.77. The second-order valence-electron chi connectivity index (χ2n) is 4.97. The molecule has 2 heterocycles. The highest BCUT2D eigenvalue weighted by Crippen LogP contribution is 2.24. The van der Waals surface area contributed by atoms with E-state index in [1.807, 2.05) is 0 Å². The molecule has 5 nitrogen and oxygen atoms in total. The number of nitrogens with zero attached hydrogens (tertiary/aromatic N) is 2. The Labute approximate surface area is 145 Å². The number of benzene rings is 1. The minimum atomic E-state index is -0.327. The molecule has 0 saturated heterocycles. The monoisotopic (exact) mass is 361 g/mol. The number of halogens is 1. The molecule has 8 heteroatoms. The van der Waals surface area contributed by atoms with Gasteiger partial charge in [-0.15, -0.1) is 22.7 Å². The lowest BCUT2D eigenvalue weighted by Crippen LogP contribution is -2.14. The number of Topliss-reactive ketones (excluding diaryl/α,β-unsaturated/α-hetero) is 1. The number of ketones is 1. The molecule has 2 aromatic heterocycles. The first-order valence-corrected chi connectivity index (χ1v) is 8.74. The van der Waals surface area contributed by atoms with Crippen molar-refractivity contribution in [2.24, 2.45) is 0 Å². The summed E-state index contributed by atoms with van der Waals surface area (Å²) in [7, 11) is 0. The molecule has 0 spiro atoms. The first-order chi connectivity index (χ1) is 11.5. The molecule has 0 aliphatic rings. The van der Waals surface area contributed by atoms with Crippen molar-refractivity contribution >= 4 is 39.5 Å². The zero-order chi connectivity index (χ0) is 17.1. The van der Waals surface area contributed by atoms with Crippen LogP contribution >= 0.6 is 22.7 Å². The summed E-state index contributed by atoms with van der Waals surface area (Å²) in [6, 6.07) is 6.16. The third kappa shape index (κ3) is 3.90. The number of hydrogen-bond donors (Lipinski definition) is 1. The summed E-state index contributed by atoms with van der Waals surface area (Å²) in [4.78, 5) is 31.6. The predicted molar refractivity (Wildman–Crippen MR) is 92.0 cm³/mol. The fourth-order valence-electron chi connectivity index (χ4n) is 1.96. The molecular formula is C16H12FN3O2S2. The largest absolute Gasteiger partial charge is 0.302 e. The first-order valence-electron chi connectivity index (χ1n) is 6.98. The number of nitrogens with one attached hydrogen (secondary N) is 1. The van der Waals surface area contributed by atoms with Crippen molar-refractivity contribution in [1.82, 2.24) is 9.97 Å². The minimum Gasteiger partial charge on any atom is -0.302 e. The Balaban J connectivity index is 1.65. The number of anilines is 1. The molecule has 3 aromatic rings. The fourth-order valence-corrected chi connectivity index (χ4v) is 3.55. The molecule has 0 unspecified atom stereocenters. The van der Waals surface area contributed by atoms with Gasteiger partial charge in [0.25, 0.3) is 0 Å². The number of carbonyl (C=O) groups is 2. The highest BCUT2D eigenvalue weighted by Gasteiger charge is 2.12. The second-order valence-corrected chi connectivity index (χ2v) is 6.69. The van der Waals surface area contributed by atoms with Crippen LogP contribution in [-0.4, -0.2) is 21.7 Å². The zero-order valence-electron chi connectivity index (χ0n) is 12.6. The number of hydrogen-bond acceptors (Lipinski definition) is 6. The highest BCUT2D eigenvalue weighted by molar-refractivity contribution is 7.14. The summed E-state index contributed by atoms with van der Waals surface area (Å²) in [6.07, 6.45) is 0.0841. The van der Waals surface area contributed by atoms with Crippen molar-refractivity contribution in [3.05, 3.63) is 52.2 Å². The second kappa shape index (κ2) is 6.98. The van der Waals surface area contributed by atoms with Crippen LogP contribution in [0.25, 0.3) is 10.6 Å². The third-order valence-corrected chi connectivity index (χ3v) is 4.77. The van der Waals surface area contributed by atoms with E-state index in [4.69, 9.17) is 0 Å². The molecule has 3 rings (SSSR count). The van der Waals surface area contributed by atoms with Crippen LogP contribution in [0.2, 0.25) is 0 Å². The Bertz CT molecular complexity index is 904. The maximum absolute atomic E-state index is 13.3. The van der Waals surface area contributed by atoms with Gasteiger partial charge in [-0.3, -0.25) is 9.59 Å². The number of aromatic nitrogens is 2. The fraction of sp³-hybridized carbons (Fsp3) is 0.125. The van der Waals surface area contributed by atoms with Gasteiger partial charge < -0.3 is 5.32 Å². The molecule has 1 aromatic carbocycles. The van der Waals surface area contributed by atoms with Gasteiger partial charge in [-0.1, -0.05) is 12.1 Å². The molecule has 0 atom stereocenters. The number of rotatable bonds is 5.